The average molecular weight is 222 g/mol. The van der Waals surface area contributed by atoms with Crippen LogP contribution in [0.15, 0.2) is 23.2 Å². The van der Waals surface area contributed by atoms with E-state index in [2.05, 4.69) is 13.2 Å². The fourth-order valence-corrected chi connectivity index (χ4v) is 0. The molecule has 0 unspecified atom stereocenters. The predicted molar refractivity (Wildman–Crippen MR) is 51.4 cm³/mol. The van der Waals surface area contributed by atoms with Gasteiger partial charge in [-0.3, -0.25) is 0 Å². The molecule has 0 aromatic heterocycles. The van der Waals surface area contributed by atoms with Crippen LogP contribution in [0.4, 0.5) is 0 Å². The van der Waals surface area contributed by atoms with Gasteiger partial charge in [0, 0.05) is 10.1 Å². The molecule has 0 nitrogen and oxygen atoms in total. The Balaban J connectivity index is 0. The van der Waals surface area contributed by atoms with Crippen LogP contribution in [0.5, 0.6) is 0 Å². The van der Waals surface area contributed by atoms with Crippen LogP contribution in [-0.4, -0.2) is 11.8 Å². The number of hydrogen-bond acceptors (Lipinski definition) is 0. The summed E-state index contributed by atoms with van der Waals surface area (Å²) in [6, 6.07) is 0. The standard InChI is InChI=1S/2C3H4Cl2/c2*1-3(5)2-4/h2*1-2H2. The summed E-state index contributed by atoms with van der Waals surface area (Å²) in [5.41, 5.74) is 0. The third-order valence-corrected chi connectivity index (χ3v) is 1.48. The smallest absolute Gasteiger partial charge is 0.0575 e. The lowest BCUT2D eigenvalue weighted by atomic mass is 10.8. The molecule has 0 aliphatic rings. The minimum Gasteiger partial charge on any atom is -0.121 e. The Kier molecular flexibility index (Phi) is 12.8. The monoisotopic (exact) mass is 220 g/mol. The second-order valence-corrected chi connectivity index (χ2v) is 2.91. The van der Waals surface area contributed by atoms with Crippen LogP contribution in [0.3, 0.4) is 0 Å². The van der Waals surface area contributed by atoms with Gasteiger partial charge in [-0.25, -0.2) is 0 Å². The third kappa shape index (κ3) is 23.4. The van der Waals surface area contributed by atoms with Gasteiger partial charge in [0.2, 0.25) is 0 Å². The molecule has 0 heterocycles. The lowest BCUT2D eigenvalue weighted by molar-refractivity contribution is 1.72. The van der Waals surface area contributed by atoms with Gasteiger partial charge in [-0.15, -0.1) is 23.2 Å². The normalized spacial score (nSPS) is 7.60. The van der Waals surface area contributed by atoms with Crippen molar-refractivity contribution < 1.29 is 0 Å². The minimum atomic E-state index is 0.349. The molecule has 0 spiro atoms. The van der Waals surface area contributed by atoms with Crippen molar-refractivity contribution in [2.45, 2.75) is 0 Å². The lowest BCUT2D eigenvalue weighted by Crippen LogP contribution is -1.60. The minimum absolute atomic E-state index is 0.349. The van der Waals surface area contributed by atoms with Crippen LogP contribution in [0.25, 0.3) is 0 Å². The Labute approximate surface area is 81.4 Å². The number of halogens is 4. The molecule has 0 aliphatic heterocycles. The summed E-state index contributed by atoms with van der Waals surface area (Å²) in [4.78, 5) is 0. The summed E-state index contributed by atoms with van der Waals surface area (Å²) in [6.45, 7) is 6.61. The highest BCUT2D eigenvalue weighted by molar-refractivity contribution is 6.35. The molecule has 0 amide bonds. The summed E-state index contributed by atoms with van der Waals surface area (Å²) in [6.07, 6.45) is 0. The average Bonchev–Trinajstić information content (AvgIpc) is 1.89. The maximum atomic E-state index is 5.14. The van der Waals surface area contributed by atoms with Gasteiger partial charge < -0.3 is 0 Å². The lowest BCUT2D eigenvalue weighted by Gasteiger charge is -1.73. The van der Waals surface area contributed by atoms with E-state index in [1.54, 1.807) is 0 Å². The molecule has 10 heavy (non-hydrogen) atoms. The largest absolute Gasteiger partial charge is 0.121 e. The van der Waals surface area contributed by atoms with E-state index in [4.69, 9.17) is 46.4 Å². The highest BCUT2D eigenvalue weighted by Crippen LogP contribution is 1.96. The van der Waals surface area contributed by atoms with E-state index in [1.807, 2.05) is 0 Å². The molecule has 0 aliphatic carbocycles. The van der Waals surface area contributed by atoms with Crippen LogP contribution >= 0.6 is 46.4 Å². The van der Waals surface area contributed by atoms with Crippen LogP contribution in [0.2, 0.25) is 0 Å². The zero-order valence-electron chi connectivity index (χ0n) is 5.34. The molecule has 4 heteroatoms. The molecule has 60 valence electrons. The van der Waals surface area contributed by atoms with Crippen LogP contribution in [0.1, 0.15) is 0 Å². The van der Waals surface area contributed by atoms with Gasteiger partial charge in [0.15, 0.2) is 0 Å². The van der Waals surface area contributed by atoms with Gasteiger partial charge in [-0.05, 0) is 0 Å². The number of hydrogen-bond donors (Lipinski definition) is 0. The van der Waals surface area contributed by atoms with Crippen molar-refractivity contribution in [2.75, 3.05) is 11.8 Å². The fraction of sp³-hybridized carbons (Fsp3) is 0.333. The Morgan fingerprint density at radius 2 is 1.00 bits per heavy atom. The van der Waals surface area contributed by atoms with Crippen molar-refractivity contribution in [3.63, 3.8) is 0 Å². The van der Waals surface area contributed by atoms with E-state index >= 15 is 0 Å². The van der Waals surface area contributed by atoms with E-state index < -0.39 is 0 Å². The zero-order valence-corrected chi connectivity index (χ0v) is 8.36. The maximum absolute atomic E-state index is 5.14. The highest BCUT2D eigenvalue weighted by atomic mass is 35.5. The molecule has 0 rings (SSSR count). The Hall–Kier alpha value is 0.640. The van der Waals surface area contributed by atoms with Gasteiger partial charge >= 0.3 is 0 Å². The van der Waals surface area contributed by atoms with E-state index in [9.17, 15) is 0 Å². The predicted octanol–water partition coefficient (Wildman–Crippen LogP) is 3.96. The van der Waals surface area contributed by atoms with Crippen molar-refractivity contribution in [3.8, 4) is 0 Å². The van der Waals surface area contributed by atoms with E-state index in [0.29, 0.717) is 21.8 Å². The molecule has 0 saturated carbocycles. The van der Waals surface area contributed by atoms with Crippen molar-refractivity contribution in [1.82, 2.24) is 0 Å². The number of alkyl halides is 2. The molecule has 0 atom stereocenters. The van der Waals surface area contributed by atoms with Crippen molar-refractivity contribution >= 4 is 46.4 Å². The second kappa shape index (κ2) is 9.64. The quantitative estimate of drug-likeness (QED) is 0.620. The SMILES string of the molecule is C=C(Cl)CCl.C=C(Cl)CCl. The zero-order chi connectivity index (χ0) is 8.57. The van der Waals surface area contributed by atoms with E-state index in [-0.39, 0.29) is 0 Å². The summed E-state index contributed by atoms with van der Waals surface area (Å²) >= 11 is 20.5. The molecule has 0 fully saturated rings. The van der Waals surface area contributed by atoms with Gasteiger partial charge in [-0.1, -0.05) is 36.4 Å². The van der Waals surface area contributed by atoms with Crippen molar-refractivity contribution in [3.05, 3.63) is 23.2 Å². The van der Waals surface area contributed by atoms with Crippen molar-refractivity contribution in [1.29, 1.82) is 0 Å². The van der Waals surface area contributed by atoms with E-state index in [0.717, 1.165) is 0 Å². The number of rotatable bonds is 2. The second-order valence-electron chi connectivity index (χ2n) is 1.30. The van der Waals surface area contributed by atoms with Crippen LogP contribution < -0.4 is 0 Å². The molecule has 0 saturated heterocycles. The molecule has 0 radical (unpaired) electrons. The van der Waals surface area contributed by atoms with E-state index in [1.165, 1.54) is 0 Å². The molecule has 0 bridgehead atoms. The Bertz CT molecular complexity index is 94.3. The first-order chi connectivity index (χ1) is 4.54. The Morgan fingerprint density at radius 3 is 1.00 bits per heavy atom. The summed E-state index contributed by atoms with van der Waals surface area (Å²) < 4.78 is 0. The van der Waals surface area contributed by atoms with Gasteiger partial charge in [-0.2, -0.15) is 0 Å². The maximum Gasteiger partial charge on any atom is 0.0575 e. The highest BCUT2D eigenvalue weighted by Gasteiger charge is 1.74. The molecular formula is C6H8Cl4. The molecular weight excluding hydrogens is 214 g/mol. The first-order valence-corrected chi connectivity index (χ1v) is 4.15. The first-order valence-electron chi connectivity index (χ1n) is 2.33. The summed E-state index contributed by atoms with van der Waals surface area (Å²) in [5, 5.41) is 0.985. The summed E-state index contributed by atoms with van der Waals surface area (Å²) in [7, 11) is 0. The van der Waals surface area contributed by atoms with Gasteiger partial charge in [0.05, 0.1) is 11.8 Å². The molecule has 0 aromatic carbocycles. The molecule has 0 aromatic rings. The summed E-state index contributed by atoms with van der Waals surface area (Å²) in [5.74, 6) is 0.698. The van der Waals surface area contributed by atoms with Crippen LogP contribution in [0, 0.1) is 0 Å². The first kappa shape index (κ1) is 13.2. The van der Waals surface area contributed by atoms with Gasteiger partial charge in [0.25, 0.3) is 0 Å². The fourth-order valence-electron chi connectivity index (χ4n) is 0. The van der Waals surface area contributed by atoms with Gasteiger partial charge in [0.1, 0.15) is 0 Å². The van der Waals surface area contributed by atoms with Crippen molar-refractivity contribution in [2.24, 2.45) is 0 Å². The topological polar surface area (TPSA) is 0 Å². The third-order valence-electron chi connectivity index (χ3n) is 0.290. The molecule has 0 N–H and O–H groups in total. The van der Waals surface area contributed by atoms with Crippen LogP contribution in [-0.2, 0) is 0 Å². The Morgan fingerprint density at radius 1 is 0.900 bits per heavy atom. The number of allylic oxidation sites excluding steroid dienone is 2.